The highest BCUT2D eigenvalue weighted by molar-refractivity contribution is 5.40. The molecule has 0 bridgehead atoms. The molecule has 16 heavy (non-hydrogen) atoms. The summed E-state index contributed by atoms with van der Waals surface area (Å²) in [5.74, 6) is 0.893. The summed E-state index contributed by atoms with van der Waals surface area (Å²) in [6.45, 7) is 5.10. The minimum absolute atomic E-state index is 0.359. The van der Waals surface area contributed by atoms with Crippen molar-refractivity contribution in [1.29, 1.82) is 0 Å². The topological polar surface area (TPSA) is 41.5 Å². The predicted octanol–water partition coefficient (Wildman–Crippen LogP) is 1.86. The highest BCUT2D eigenvalue weighted by Crippen LogP contribution is 2.23. The Morgan fingerprint density at radius 2 is 2.19 bits per heavy atom. The molecule has 3 heteroatoms. The second-order valence-corrected chi connectivity index (χ2v) is 3.97. The maximum atomic E-state index is 9.49. The third-order valence-electron chi connectivity index (χ3n) is 2.55. The Morgan fingerprint density at radius 3 is 2.81 bits per heavy atom. The van der Waals surface area contributed by atoms with Crippen LogP contribution in [0.5, 0.6) is 5.75 Å². The van der Waals surface area contributed by atoms with E-state index < -0.39 is 0 Å². The Bertz CT molecular complexity index is 326. The largest absolute Gasteiger partial charge is 0.490 e. The monoisotopic (exact) mass is 223 g/mol. The molecule has 0 heterocycles. The third kappa shape index (κ3) is 3.51. The summed E-state index contributed by atoms with van der Waals surface area (Å²) in [5, 5.41) is 12.6. The molecule has 0 aliphatic heterocycles. The van der Waals surface area contributed by atoms with Crippen molar-refractivity contribution in [3.63, 3.8) is 0 Å². The molecular weight excluding hydrogens is 202 g/mol. The van der Waals surface area contributed by atoms with E-state index in [1.54, 1.807) is 0 Å². The Morgan fingerprint density at radius 1 is 1.44 bits per heavy atom. The van der Waals surface area contributed by atoms with Crippen molar-refractivity contribution in [2.75, 3.05) is 13.7 Å². The molecule has 1 unspecified atom stereocenters. The molecule has 0 spiro atoms. The number of para-hydroxylation sites is 1. The first-order valence-electron chi connectivity index (χ1n) is 5.73. The summed E-state index contributed by atoms with van der Waals surface area (Å²) < 4.78 is 5.68. The van der Waals surface area contributed by atoms with Gasteiger partial charge in [0.1, 0.15) is 12.4 Å². The van der Waals surface area contributed by atoms with Gasteiger partial charge >= 0.3 is 0 Å². The predicted molar refractivity (Wildman–Crippen MR) is 65.7 cm³/mol. The second kappa shape index (κ2) is 6.51. The molecule has 0 saturated heterocycles. The zero-order valence-electron chi connectivity index (χ0n) is 10.3. The first-order chi connectivity index (χ1) is 7.69. The summed E-state index contributed by atoms with van der Waals surface area (Å²) in [7, 11) is 1.91. The van der Waals surface area contributed by atoms with Crippen LogP contribution in [0, 0.1) is 6.92 Å². The van der Waals surface area contributed by atoms with Crippen molar-refractivity contribution in [2.24, 2.45) is 0 Å². The zero-order valence-corrected chi connectivity index (χ0v) is 10.3. The van der Waals surface area contributed by atoms with Crippen LogP contribution in [0.25, 0.3) is 0 Å². The average molecular weight is 223 g/mol. The van der Waals surface area contributed by atoms with E-state index in [0.717, 1.165) is 23.4 Å². The highest BCUT2D eigenvalue weighted by atomic mass is 16.5. The van der Waals surface area contributed by atoms with Gasteiger partial charge in [-0.15, -0.1) is 0 Å². The fourth-order valence-electron chi connectivity index (χ4n) is 1.55. The van der Waals surface area contributed by atoms with E-state index in [1.165, 1.54) is 0 Å². The molecule has 0 radical (unpaired) electrons. The van der Waals surface area contributed by atoms with Crippen molar-refractivity contribution in [3.05, 3.63) is 29.3 Å². The highest BCUT2D eigenvalue weighted by Gasteiger charge is 2.08. The summed E-state index contributed by atoms with van der Waals surface area (Å²) in [6.07, 6.45) is 0.329. The summed E-state index contributed by atoms with van der Waals surface area (Å²) in [4.78, 5) is 0. The van der Waals surface area contributed by atoms with Gasteiger partial charge < -0.3 is 15.2 Å². The lowest BCUT2D eigenvalue weighted by atomic mass is 10.1. The first-order valence-corrected chi connectivity index (χ1v) is 5.73. The standard InChI is InChI=1S/C13H21NO2/c1-4-12(15)9-16-13-10(2)6-5-7-11(13)8-14-3/h5-7,12,14-15H,4,8-9H2,1-3H3. The molecule has 3 nitrogen and oxygen atoms in total. The molecule has 2 N–H and O–H groups in total. The van der Waals surface area contributed by atoms with Gasteiger partial charge in [0.05, 0.1) is 6.10 Å². The fourth-order valence-corrected chi connectivity index (χ4v) is 1.55. The van der Waals surface area contributed by atoms with Gasteiger partial charge in [0.25, 0.3) is 0 Å². The molecule has 0 fully saturated rings. The molecule has 0 saturated carbocycles. The molecule has 0 aromatic heterocycles. The molecule has 1 rings (SSSR count). The molecule has 1 atom stereocenters. The van der Waals surface area contributed by atoms with Gasteiger partial charge in [-0.25, -0.2) is 0 Å². The molecule has 0 aliphatic rings. The van der Waals surface area contributed by atoms with Crippen LogP contribution >= 0.6 is 0 Å². The number of ether oxygens (including phenoxy) is 1. The number of nitrogens with one attached hydrogen (secondary N) is 1. The molecular formula is C13H21NO2. The van der Waals surface area contributed by atoms with Gasteiger partial charge in [-0.1, -0.05) is 25.1 Å². The Kier molecular flexibility index (Phi) is 5.29. The van der Waals surface area contributed by atoms with E-state index in [0.29, 0.717) is 13.0 Å². The number of aryl methyl sites for hydroxylation is 1. The van der Waals surface area contributed by atoms with E-state index in [-0.39, 0.29) is 6.10 Å². The first kappa shape index (κ1) is 13.0. The van der Waals surface area contributed by atoms with Crippen molar-refractivity contribution in [3.8, 4) is 5.75 Å². The van der Waals surface area contributed by atoms with E-state index in [9.17, 15) is 5.11 Å². The van der Waals surface area contributed by atoms with Crippen LogP contribution in [-0.2, 0) is 6.54 Å². The minimum atomic E-state index is -0.387. The van der Waals surface area contributed by atoms with Crippen molar-refractivity contribution in [2.45, 2.75) is 32.9 Å². The van der Waals surface area contributed by atoms with E-state index in [4.69, 9.17) is 4.74 Å². The second-order valence-electron chi connectivity index (χ2n) is 3.97. The van der Waals surface area contributed by atoms with Crippen LogP contribution in [0.3, 0.4) is 0 Å². The molecule has 1 aromatic rings. The molecule has 90 valence electrons. The Balaban J connectivity index is 2.75. The summed E-state index contributed by atoms with van der Waals surface area (Å²) >= 11 is 0. The lowest BCUT2D eigenvalue weighted by molar-refractivity contribution is 0.103. The quantitative estimate of drug-likeness (QED) is 0.773. The van der Waals surface area contributed by atoms with E-state index in [2.05, 4.69) is 5.32 Å². The Hall–Kier alpha value is -1.06. The number of benzene rings is 1. The number of hydrogen-bond acceptors (Lipinski definition) is 3. The van der Waals surface area contributed by atoms with Crippen LogP contribution in [0.4, 0.5) is 0 Å². The molecule has 0 amide bonds. The van der Waals surface area contributed by atoms with Gasteiger partial charge in [0.2, 0.25) is 0 Å². The maximum absolute atomic E-state index is 9.49. The SMILES string of the molecule is CCC(O)COc1c(C)cccc1CNC. The Labute approximate surface area is 97.4 Å². The van der Waals surface area contributed by atoms with Gasteiger partial charge in [0, 0.05) is 12.1 Å². The number of hydrogen-bond donors (Lipinski definition) is 2. The minimum Gasteiger partial charge on any atom is -0.490 e. The average Bonchev–Trinajstić information content (AvgIpc) is 2.28. The number of aliphatic hydroxyl groups excluding tert-OH is 1. The van der Waals surface area contributed by atoms with Gasteiger partial charge in [-0.2, -0.15) is 0 Å². The van der Waals surface area contributed by atoms with Crippen LogP contribution in [0.1, 0.15) is 24.5 Å². The maximum Gasteiger partial charge on any atom is 0.126 e. The van der Waals surface area contributed by atoms with Crippen molar-refractivity contribution >= 4 is 0 Å². The van der Waals surface area contributed by atoms with Gasteiger partial charge in [0.15, 0.2) is 0 Å². The molecule has 0 aliphatic carbocycles. The van der Waals surface area contributed by atoms with Gasteiger partial charge in [-0.05, 0) is 26.0 Å². The zero-order chi connectivity index (χ0) is 12.0. The summed E-state index contributed by atoms with van der Waals surface area (Å²) in [5.41, 5.74) is 2.24. The third-order valence-corrected chi connectivity index (χ3v) is 2.55. The van der Waals surface area contributed by atoms with E-state index >= 15 is 0 Å². The van der Waals surface area contributed by atoms with Crippen molar-refractivity contribution < 1.29 is 9.84 Å². The fraction of sp³-hybridized carbons (Fsp3) is 0.538. The van der Waals surface area contributed by atoms with Crippen LogP contribution in [-0.4, -0.2) is 24.9 Å². The lowest BCUT2D eigenvalue weighted by Gasteiger charge is -2.16. The number of rotatable bonds is 6. The smallest absolute Gasteiger partial charge is 0.126 e. The van der Waals surface area contributed by atoms with Crippen LogP contribution < -0.4 is 10.1 Å². The summed E-state index contributed by atoms with van der Waals surface area (Å²) in [6, 6.07) is 6.08. The van der Waals surface area contributed by atoms with Crippen molar-refractivity contribution in [1.82, 2.24) is 5.32 Å². The lowest BCUT2D eigenvalue weighted by Crippen LogP contribution is -2.18. The van der Waals surface area contributed by atoms with Crippen LogP contribution in [0.15, 0.2) is 18.2 Å². The van der Waals surface area contributed by atoms with E-state index in [1.807, 2.05) is 39.1 Å². The number of aliphatic hydroxyl groups is 1. The molecule has 1 aromatic carbocycles. The van der Waals surface area contributed by atoms with Crippen LogP contribution in [0.2, 0.25) is 0 Å². The van der Waals surface area contributed by atoms with Gasteiger partial charge in [-0.3, -0.25) is 0 Å². The normalized spacial score (nSPS) is 12.5.